The Labute approximate surface area is 92.2 Å². The van der Waals surface area contributed by atoms with Gasteiger partial charge in [-0.15, -0.1) is 0 Å². The molecule has 0 amide bonds. The minimum absolute atomic E-state index is 1.10. The van der Waals surface area contributed by atoms with Crippen LogP contribution < -0.4 is 0 Å². The van der Waals surface area contributed by atoms with E-state index in [2.05, 4.69) is 37.9 Å². The molecule has 0 radical (unpaired) electrons. The molecule has 0 unspecified atom stereocenters. The highest BCUT2D eigenvalue weighted by Crippen LogP contribution is 2.22. The predicted molar refractivity (Wildman–Crippen MR) is 67.3 cm³/mol. The van der Waals surface area contributed by atoms with E-state index >= 15 is 0 Å². The molecule has 0 aliphatic carbocycles. The van der Waals surface area contributed by atoms with Gasteiger partial charge in [-0.25, -0.2) is 0 Å². The maximum Gasteiger partial charge on any atom is 0.0707 e. The third-order valence-electron chi connectivity index (χ3n) is 2.75. The van der Waals surface area contributed by atoms with Gasteiger partial charge in [0.15, 0.2) is 0 Å². The monoisotopic (exact) mass is 201 g/mol. The third-order valence-corrected chi connectivity index (χ3v) is 2.75. The molecule has 0 aliphatic rings. The molecular weight excluding hydrogens is 182 g/mol. The van der Waals surface area contributed by atoms with Crippen LogP contribution in [0.25, 0.3) is 10.9 Å². The zero-order chi connectivity index (χ0) is 11.4. The van der Waals surface area contributed by atoms with E-state index in [0.717, 1.165) is 5.52 Å². The van der Waals surface area contributed by atoms with Gasteiger partial charge in [-0.2, -0.15) is 0 Å². The van der Waals surface area contributed by atoms with Crippen molar-refractivity contribution in [2.24, 2.45) is 0 Å². The molecular formula is C14H19N. The van der Waals surface area contributed by atoms with Crippen LogP contribution in [-0.4, -0.2) is 4.98 Å². The second-order valence-corrected chi connectivity index (χ2v) is 3.51. The summed E-state index contributed by atoms with van der Waals surface area (Å²) in [5, 5.41) is 1.27. The summed E-state index contributed by atoms with van der Waals surface area (Å²) in [4.78, 5) is 4.34. The number of pyridine rings is 1. The van der Waals surface area contributed by atoms with Crippen LogP contribution in [0.2, 0.25) is 0 Å². The zero-order valence-electron chi connectivity index (χ0n) is 10.3. The van der Waals surface area contributed by atoms with Crippen molar-refractivity contribution in [2.75, 3.05) is 0 Å². The van der Waals surface area contributed by atoms with Crippen molar-refractivity contribution in [1.29, 1.82) is 0 Å². The number of hydrogen-bond donors (Lipinski definition) is 0. The average molecular weight is 201 g/mol. The number of aromatic nitrogens is 1. The highest BCUT2D eigenvalue weighted by atomic mass is 14.6. The van der Waals surface area contributed by atoms with Crippen molar-refractivity contribution in [3.63, 3.8) is 0 Å². The molecule has 0 fully saturated rings. The first kappa shape index (κ1) is 11.7. The van der Waals surface area contributed by atoms with Gasteiger partial charge in [0.05, 0.1) is 5.52 Å². The van der Waals surface area contributed by atoms with Gasteiger partial charge in [0, 0.05) is 11.6 Å². The summed E-state index contributed by atoms with van der Waals surface area (Å²) in [5.74, 6) is 0. The maximum absolute atomic E-state index is 4.34. The van der Waals surface area contributed by atoms with Crippen LogP contribution in [-0.2, 0) is 0 Å². The van der Waals surface area contributed by atoms with E-state index in [9.17, 15) is 0 Å². The van der Waals surface area contributed by atoms with Crippen molar-refractivity contribution in [3.05, 3.63) is 41.1 Å². The molecule has 2 rings (SSSR count). The number of nitrogens with zero attached hydrogens (tertiary/aromatic N) is 1. The van der Waals surface area contributed by atoms with E-state index in [4.69, 9.17) is 0 Å². The van der Waals surface area contributed by atoms with Crippen molar-refractivity contribution in [3.8, 4) is 0 Å². The smallest absolute Gasteiger partial charge is 0.0707 e. The van der Waals surface area contributed by atoms with Gasteiger partial charge in [-0.05, 0) is 49.6 Å². The Balaban J connectivity index is 0.000000531. The quantitative estimate of drug-likeness (QED) is 0.623. The first-order valence-electron chi connectivity index (χ1n) is 5.51. The van der Waals surface area contributed by atoms with E-state index in [1.54, 1.807) is 0 Å². The summed E-state index contributed by atoms with van der Waals surface area (Å²) in [7, 11) is 0. The molecule has 1 aromatic heterocycles. The lowest BCUT2D eigenvalue weighted by Gasteiger charge is -2.07. The zero-order valence-corrected chi connectivity index (χ0v) is 10.3. The Hall–Kier alpha value is -1.37. The van der Waals surface area contributed by atoms with Crippen LogP contribution in [0.1, 0.15) is 30.5 Å². The predicted octanol–water partition coefficient (Wildman–Crippen LogP) is 4.19. The average Bonchev–Trinajstić information content (AvgIpc) is 2.29. The van der Waals surface area contributed by atoms with Gasteiger partial charge in [-0.1, -0.05) is 19.9 Å². The molecule has 1 heteroatoms. The van der Waals surface area contributed by atoms with E-state index < -0.39 is 0 Å². The molecule has 0 bridgehead atoms. The SMILES string of the molecule is CC.Cc1cc2ncccc2c(C)c1C. The van der Waals surface area contributed by atoms with Gasteiger partial charge < -0.3 is 0 Å². The Bertz CT molecular complexity index is 458. The molecule has 80 valence electrons. The van der Waals surface area contributed by atoms with Crippen molar-refractivity contribution in [2.45, 2.75) is 34.6 Å². The van der Waals surface area contributed by atoms with Crippen LogP contribution in [0.3, 0.4) is 0 Å². The minimum atomic E-state index is 1.10. The number of aryl methyl sites for hydroxylation is 2. The van der Waals surface area contributed by atoms with E-state index in [1.807, 2.05) is 26.1 Å². The summed E-state index contributed by atoms with van der Waals surface area (Å²) in [5.41, 5.74) is 5.15. The lowest BCUT2D eigenvalue weighted by atomic mass is 10.00. The first-order chi connectivity index (χ1) is 7.20. The Morgan fingerprint density at radius 2 is 1.67 bits per heavy atom. The van der Waals surface area contributed by atoms with Gasteiger partial charge in [-0.3, -0.25) is 4.98 Å². The Kier molecular flexibility index (Phi) is 3.84. The van der Waals surface area contributed by atoms with Gasteiger partial charge in [0.1, 0.15) is 0 Å². The molecule has 15 heavy (non-hydrogen) atoms. The van der Waals surface area contributed by atoms with Crippen LogP contribution in [0.15, 0.2) is 24.4 Å². The number of benzene rings is 1. The molecule has 1 aromatic carbocycles. The molecule has 1 nitrogen and oxygen atoms in total. The summed E-state index contributed by atoms with van der Waals surface area (Å²) < 4.78 is 0. The van der Waals surface area contributed by atoms with Crippen LogP contribution in [0.4, 0.5) is 0 Å². The topological polar surface area (TPSA) is 12.9 Å². The minimum Gasteiger partial charge on any atom is -0.256 e. The summed E-state index contributed by atoms with van der Waals surface area (Å²) in [6.45, 7) is 10.5. The van der Waals surface area contributed by atoms with Gasteiger partial charge >= 0.3 is 0 Å². The normalized spacial score (nSPS) is 9.67. The fraction of sp³-hybridized carbons (Fsp3) is 0.357. The fourth-order valence-corrected chi connectivity index (χ4v) is 1.66. The van der Waals surface area contributed by atoms with E-state index in [-0.39, 0.29) is 0 Å². The standard InChI is InChI=1S/C12H13N.C2H6/c1-8-7-12-11(5-4-6-13-12)10(3)9(8)2;1-2/h4-7H,1-3H3;1-2H3. The summed E-state index contributed by atoms with van der Waals surface area (Å²) >= 11 is 0. The highest BCUT2D eigenvalue weighted by molar-refractivity contribution is 5.83. The first-order valence-corrected chi connectivity index (χ1v) is 5.51. The van der Waals surface area contributed by atoms with Crippen LogP contribution >= 0.6 is 0 Å². The third kappa shape index (κ3) is 2.17. The molecule has 0 atom stereocenters. The molecule has 0 spiro atoms. The number of fused-ring (bicyclic) bond motifs is 1. The number of hydrogen-bond acceptors (Lipinski definition) is 1. The van der Waals surface area contributed by atoms with Crippen molar-refractivity contribution in [1.82, 2.24) is 4.98 Å². The molecule has 0 N–H and O–H groups in total. The lowest BCUT2D eigenvalue weighted by Crippen LogP contribution is -1.89. The van der Waals surface area contributed by atoms with Crippen molar-refractivity contribution >= 4 is 10.9 Å². The second-order valence-electron chi connectivity index (χ2n) is 3.51. The van der Waals surface area contributed by atoms with Crippen LogP contribution in [0.5, 0.6) is 0 Å². The molecule has 2 aromatic rings. The second kappa shape index (κ2) is 4.92. The molecule has 1 heterocycles. The van der Waals surface area contributed by atoms with E-state index in [1.165, 1.54) is 22.1 Å². The van der Waals surface area contributed by atoms with Gasteiger partial charge in [0.2, 0.25) is 0 Å². The Morgan fingerprint density at radius 3 is 2.33 bits per heavy atom. The van der Waals surface area contributed by atoms with Crippen molar-refractivity contribution < 1.29 is 0 Å². The lowest BCUT2D eigenvalue weighted by molar-refractivity contribution is 1.27. The fourth-order valence-electron chi connectivity index (χ4n) is 1.66. The highest BCUT2D eigenvalue weighted by Gasteiger charge is 2.03. The molecule has 0 saturated heterocycles. The van der Waals surface area contributed by atoms with E-state index in [0.29, 0.717) is 0 Å². The number of rotatable bonds is 0. The largest absolute Gasteiger partial charge is 0.256 e. The maximum atomic E-state index is 4.34. The Morgan fingerprint density at radius 1 is 1.00 bits per heavy atom. The summed E-state index contributed by atoms with van der Waals surface area (Å²) in [6.07, 6.45) is 1.84. The van der Waals surface area contributed by atoms with Gasteiger partial charge in [0.25, 0.3) is 0 Å². The summed E-state index contributed by atoms with van der Waals surface area (Å²) in [6, 6.07) is 6.27. The van der Waals surface area contributed by atoms with Crippen LogP contribution in [0, 0.1) is 20.8 Å². The molecule has 0 aliphatic heterocycles. The molecule has 0 saturated carbocycles.